The predicted molar refractivity (Wildman–Crippen MR) is 60.5 cm³/mol. The van der Waals surface area contributed by atoms with Gasteiger partial charge < -0.3 is 4.90 Å². The highest BCUT2D eigenvalue weighted by atomic mass is 16.2. The summed E-state index contributed by atoms with van der Waals surface area (Å²) in [6, 6.07) is 0.444. The minimum Gasteiger partial charge on any atom is -0.345 e. The van der Waals surface area contributed by atoms with Crippen molar-refractivity contribution in [1.29, 1.82) is 0 Å². The van der Waals surface area contributed by atoms with Crippen LogP contribution in [0.2, 0.25) is 0 Å². The quantitative estimate of drug-likeness (QED) is 0.464. The Kier molecular flexibility index (Phi) is 1.70. The number of rotatable bonds is 1. The van der Waals surface area contributed by atoms with Crippen molar-refractivity contribution in [2.24, 2.45) is 0 Å². The van der Waals surface area contributed by atoms with Crippen LogP contribution in [0.3, 0.4) is 0 Å². The monoisotopic (exact) mass is 244 g/mol. The van der Waals surface area contributed by atoms with E-state index in [4.69, 9.17) is 0 Å². The number of carbonyl (C=O) groups is 1. The molecular weight excluding hydrogens is 232 g/mol. The third kappa shape index (κ3) is 0.807. The normalized spacial score (nSPS) is 40.0. The van der Waals surface area contributed by atoms with E-state index in [1.807, 2.05) is 17.1 Å². The highest BCUT2D eigenvalue weighted by Crippen LogP contribution is 2.62. The van der Waals surface area contributed by atoms with Gasteiger partial charge in [-0.2, -0.15) is 0 Å². The number of ketones is 1. The van der Waals surface area contributed by atoms with Crippen molar-refractivity contribution in [3.8, 4) is 0 Å². The lowest BCUT2D eigenvalue weighted by molar-refractivity contribution is -0.113. The average Bonchev–Trinajstić information content (AvgIpc) is 2.79. The van der Waals surface area contributed by atoms with Crippen molar-refractivity contribution in [2.45, 2.75) is 36.8 Å². The van der Waals surface area contributed by atoms with E-state index >= 15 is 0 Å². The van der Waals surface area contributed by atoms with Crippen LogP contribution in [0.25, 0.3) is 0 Å². The van der Waals surface area contributed by atoms with E-state index in [0.717, 1.165) is 25.7 Å². The molecule has 18 heavy (non-hydrogen) atoms. The van der Waals surface area contributed by atoms with Crippen LogP contribution >= 0.6 is 0 Å². The first-order valence-electron chi connectivity index (χ1n) is 6.35. The standard InChI is InChI=1S/C13H12N2O3/c16-7-9-12(3-1-2-4-12)15-6-5-14(9)10-11(18)13(10,15)8-17/h1-6H2. The van der Waals surface area contributed by atoms with Gasteiger partial charge in [0.1, 0.15) is 11.6 Å². The van der Waals surface area contributed by atoms with Crippen LogP contribution in [0.15, 0.2) is 5.70 Å². The summed E-state index contributed by atoms with van der Waals surface area (Å²) in [5, 5.41) is 0. The highest BCUT2D eigenvalue weighted by Gasteiger charge is 2.82. The molecule has 5 aliphatic rings. The average molecular weight is 244 g/mol. The van der Waals surface area contributed by atoms with Crippen LogP contribution in [-0.2, 0) is 14.4 Å². The predicted octanol–water partition coefficient (Wildman–Crippen LogP) is -0.391. The minimum atomic E-state index is -1.15. The number of hydrogen-bond acceptors (Lipinski definition) is 5. The summed E-state index contributed by atoms with van der Waals surface area (Å²) in [5.74, 6) is 1.86. The molecule has 3 aliphatic heterocycles. The van der Waals surface area contributed by atoms with Crippen molar-refractivity contribution in [3.63, 3.8) is 0 Å². The fraction of sp³-hybridized carbons (Fsp3) is 0.615. The maximum absolute atomic E-state index is 12.0. The second-order valence-corrected chi connectivity index (χ2v) is 5.48. The third-order valence-corrected chi connectivity index (χ3v) is 4.95. The first-order chi connectivity index (χ1) is 8.72. The van der Waals surface area contributed by atoms with Crippen LogP contribution in [0.1, 0.15) is 25.7 Å². The van der Waals surface area contributed by atoms with Gasteiger partial charge in [-0.15, -0.1) is 0 Å². The van der Waals surface area contributed by atoms with Gasteiger partial charge in [-0.25, -0.2) is 4.79 Å². The maximum Gasteiger partial charge on any atom is 0.231 e. The molecule has 2 radical (unpaired) electrons. The highest BCUT2D eigenvalue weighted by molar-refractivity contribution is 6.32. The zero-order valence-electron chi connectivity index (χ0n) is 9.86. The van der Waals surface area contributed by atoms with Crippen LogP contribution < -0.4 is 0 Å². The van der Waals surface area contributed by atoms with E-state index in [2.05, 4.69) is 0 Å². The van der Waals surface area contributed by atoms with E-state index in [9.17, 15) is 14.4 Å². The fourth-order valence-electron chi connectivity index (χ4n) is 4.19. The number of carbonyl (C=O) groups excluding carboxylic acids is 3. The summed E-state index contributed by atoms with van der Waals surface area (Å²) < 4.78 is 0. The molecule has 3 heterocycles. The van der Waals surface area contributed by atoms with Crippen LogP contribution in [-0.4, -0.2) is 52.0 Å². The van der Waals surface area contributed by atoms with Gasteiger partial charge in [0, 0.05) is 13.1 Å². The molecule has 1 spiro atoms. The number of piperazine rings is 3. The largest absolute Gasteiger partial charge is 0.345 e. The van der Waals surface area contributed by atoms with Gasteiger partial charge in [-0.05, 0) is 12.8 Å². The summed E-state index contributed by atoms with van der Waals surface area (Å²) in [4.78, 5) is 38.3. The van der Waals surface area contributed by atoms with Crippen molar-refractivity contribution in [3.05, 3.63) is 11.7 Å². The molecule has 2 atom stereocenters. The summed E-state index contributed by atoms with van der Waals surface area (Å²) in [6.45, 7) is 1.26. The molecule has 0 N–H and O–H groups in total. The smallest absolute Gasteiger partial charge is 0.231 e. The molecule has 5 rings (SSSR count). The molecule has 5 heteroatoms. The van der Waals surface area contributed by atoms with Gasteiger partial charge in [-0.1, -0.05) is 12.8 Å². The molecule has 92 valence electrons. The Balaban J connectivity index is 1.93. The summed E-state index contributed by atoms with van der Waals surface area (Å²) in [7, 11) is 0. The van der Waals surface area contributed by atoms with E-state index in [0.29, 0.717) is 24.8 Å². The number of nitrogens with zero attached hydrogens (tertiary/aromatic N) is 2. The second-order valence-electron chi connectivity index (χ2n) is 5.48. The molecule has 3 saturated heterocycles. The lowest BCUT2D eigenvalue weighted by atomic mass is 9.83. The zero-order valence-corrected chi connectivity index (χ0v) is 9.86. The Labute approximate surface area is 104 Å². The van der Waals surface area contributed by atoms with E-state index in [1.165, 1.54) is 0 Å². The van der Waals surface area contributed by atoms with E-state index in [1.54, 1.807) is 4.90 Å². The van der Waals surface area contributed by atoms with Gasteiger partial charge in [0.05, 0.1) is 5.54 Å². The first kappa shape index (κ1) is 10.5. The van der Waals surface area contributed by atoms with Crippen molar-refractivity contribution < 1.29 is 14.4 Å². The number of hydrogen-bond donors (Lipinski definition) is 0. The van der Waals surface area contributed by atoms with Gasteiger partial charge in [0.15, 0.2) is 17.4 Å². The Morgan fingerprint density at radius 3 is 2.44 bits per heavy atom. The molecule has 2 aliphatic carbocycles. The Morgan fingerprint density at radius 1 is 1.11 bits per heavy atom. The van der Waals surface area contributed by atoms with E-state index < -0.39 is 11.1 Å². The molecule has 0 amide bonds. The number of fused-ring (bicyclic) bond motifs is 1. The molecule has 5 nitrogen and oxygen atoms in total. The SMILES string of the molecule is O=[C]C12[C](C1=O)N1CCN2C2(CCCC2)C1=C=O. The van der Waals surface area contributed by atoms with Crippen LogP contribution in [0.5, 0.6) is 0 Å². The molecule has 0 aromatic rings. The molecule has 0 aromatic heterocycles. The summed E-state index contributed by atoms with van der Waals surface area (Å²) in [5.41, 5.74) is -1.02. The number of Topliss-reactive ketones (excluding diaryl/α,β-unsaturated/α-hetero) is 1. The van der Waals surface area contributed by atoms with Crippen molar-refractivity contribution in [2.75, 3.05) is 13.1 Å². The molecule has 0 aromatic carbocycles. The second kappa shape index (κ2) is 2.92. The maximum atomic E-state index is 12.0. The lowest BCUT2D eigenvalue weighted by Gasteiger charge is -2.55. The Morgan fingerprint density at radius 2 is 1.83 bits per heavy atom. The Bertz CT molecular complexity index is 516. The fourth-order valence-corrected chi connectivity index (χ4v) is 4.19. The van der Waals surface area contributed by atoms with Gasteiger partial charge in [0.25, 0.3) is 0 Å². The zero-order chi connectivity index (χ0) is 12.5. The summed E-state index contributed by atoms with van der Waals surface area (Å²) in [6.07, 6.45) is 5.64. The van der Waals surface area contributed by atoms with Crippen molar-refractivity contribution in [1.82, 2.24) is 9.80 Å². The molecule has 2 bridgehead atoms. The molecule has 5 fully saturated rings. The lowest BCUT2D eigenvalue weighted by Crippen LogP contribution is -2.69. The molecular formula is C13H12N2O3. The van der Waals surface area contributed by atoms with Gasteiger partial charge in [0.2, 0.25) is 6.29 Å². The van der Waals surface area contributed by atoms with Gasteiger partial charge in [-0.3, -0.25) is 14.5 Å². The van der Waals surface area contributed by atoms with Crippen LogP contribution in [0.4, 0.5) is 0 Å². The minimum absolute atomic E-state index is 0.175. The summed E-state index contributed by atoms with van der Waals surface area (Å²) >= 11 is 0. The van der Waals surface area contributed by atoms with Gasteiger partial charge >= 0.3 is 0 Å². The van der Waals surface area contributed by atoms with Crippen molar-refractivity contribution >= 4 is 18.0 Å². The van der Waals surface area contributed by atoms with Crippen LogP contribution in [0, 0.1) is 6.04 Å². The first-order valence-corrected chi connectivity index (χ1v) is 6.35. The third-order valence-electron chi connectivity index (χ3n) is 4.95. The topological polar surface area (TPSA) is 57.7 Å². The van der Waals surface area contributed by atoms with E-state index in [-0.39, 0.29) is 5.78 Å². The molecule has 2 unspecified atom stereocenters. The molecule has 2 saturated carbocycles. The Hall–Kier alpha value is -1.45.